The lowest BCUT2D eigenvalue weighted by molar-refractivity contribution is 0.174. The summed E-state index contributed by atoms with van der Waals surface area (Å²) in [6.07, 6.45) is 0. The lowest BCUT2D eigenvalue weighted by atomic mass is 10.2. The van der Waals surface area contributed by atoms with Crippen LogP contribution >= 0.6 is 11.6 Å². The molecule has 0 spiro atoms. The second kappa shape index (κ2) is 5.43. The van der Waals surface area contributed by atoms with Gasteiger partial charge in [-0.3, -0.25) is 4.90 Å². The van der Waals surface area contributed by atoms with E-state index in [9.17, 15) is 0 Å². The van der Waals surface area contributed by atoms with Gasteiger partial charge in [-0.2, -0.15) is 0 Å². The Hall–Kier alpha value is -1.19. The zero-order chi connectivity index (χ0) is 12.3. The summed E-state index contributed by atoms with van der Waals surface area (Å²) in [5, 5.41) is 0.660. The minimum atomic E-state index is 0.314. The molecule has 0 saturated carbocycles. The fourth-order valence-electron chi connectivity index (χ4n) is 1.82. The fourth-order valence-corrected chi connectivity index (χ4v) is 1.99. The van der Waals surface area contributed by atoms with E-state index < -0.39 is 0 Å². The van der Waals surface area contributed by atoms with Crippen LogP contribution in [0.25, 0.3) is 0 Å². The van der Waals surface area contributed by atoms with Gasteiger partial charge in [-0.25, -0.2) is 0 Å². The van der Waals surface area contributed by atoms with Gasteiger partial charge < -0.3 is 9.47 Å². The molecule has 0 radical (unpaired) electrons. The van der Waals surface area contributed by atoms with Gasteiger partial charge in [-0.1, -0.05) is 31.2 Å². The van der Waals surface area contributed by atoms with Gasteiger partial charge in [0.25, 0.3) is 0 Å². The first kappa shape index (κ1) is 12.3. The third-order valence-electron chi connectivity index (χ3n) is 2.69. The Morgan fingerprint density at radius 2 is 2.18 bits per heavy atom. The van der Waals surface area contributed by atoms with Crippen LogP contribution in [0.4, 0.5) is 0 Å². The average Bonchev–Trinajstić information content (AvgIpc) is 2.74. The second-order valence-electron chi connectivity index (χ2n) is 4.01. The third kappa shape index (κ3) is 3.14. The van der Waals surface area contributed by atoms with Crippen molar-refractivity contribution in [2.24, 2.45) is 0 Å². The van der Waals surface area contributed by atoms with Gasteiger partial charge in [0.1, 0.15) is 0 Å². The number of fused-ring (bicyclic) bond motifs is 1. The Morgan fingerprint density at radius 1 is 1.41 bits per heavy atom. The Morgan fingerprint density at radius 3 is 2.88 bits per heavy atom. The maximum absolute atomic E-state index is 5.83. The number of likely N-dealkylation sites (N-methyl/N-ethyl adjacent to an activating group) is 1. The van der Waals surface area contributed by atoms with Crippen LogP contribution in [0.15, 0.2) is 29.8 Å². The van der Waals surface area contributed by atoms with E-state index >= 15 is 0 Å². The first-order valence-electron chi connectivity index (χ1n) is 5.63. The minimum Gasteiger partial charge on any atom is -0.454 e. The first-order valence-corrected chi connectivity index (χ1v) is 6.01. The normalized spacial score (nSPS) is 13.1. The van der Waals surface area contributed by atoms with E-state index in [0.717, 1.165) is 24.6 Å². The van der Waals surface area contributed by atoms with E-state index in [4.69, 9.17) is 21.1 Å². The predicted molar refractivity (Wildman–Crippen MR) is 68.5 cm³/mol. The Bertz CT molecular complexity index is 420. The summed E-state index contributed by atoms with van der Waals surface area (Å²) >= 11 is 5.83. The highest BCUT2D eigenvalue weighted by molar-refractivity contribution is 6.29. The van der Waals surface area contributed by atoms with Gasteiger partial charge in [-0.05, 0) is 24.2 Å². The molecule has 0 amide bonds. The zero-order valence-electron chi connectivity index (χ0n) is 9.91. The molecule has 1 aliphatic rings. The summed E-state index contributed by atoms with van der Waals surface area (Å²) in [5.74, 6) is 1.64. The average molecular weight is 254 g/mol. The predicted octanol–water partition coefficient (Wildman–Crippen LogP) is 2.99. The number of rotatable bonds is 5. The van der Waals surface area contributed by atoms with E-state index in [-0.39, 0.29) is 0 Å². The molecule has 0 bridgehead atoms. The molecular weight excluding hydrogens is 238 g/mol. The van der Waals surface area contributed by atoms with E-state index in [0.29, 0.717) is 18.4 Å². The van der Waals surface area contributed by atoms with E-state index in [1.54, 1.807) is 0 Å². The van der Waals surface area contributed by atoms with Gasteiger partial charge in [-0.15, -0.1) is 0 Å². The maximum atomic E-state index is 5.83. The summed E-state index contributed by atoms with van der Waals surface area (Å²) in [6, 6.07) is 6.01. The molecule has 0 aromatic heterocycles. The largest absolute Gasteiger partial charge is 0.454 e. The monoisotopic (exact) mass is 253 g/mol. The van der Waals surface area contributed by atoms with Crippen LogP contribution in [0.3, 0.4) is 0 Å². The van der Waals surface area contributed by atoms with Crippen molar-refractivity contribution < 1.29 is 9.47 Å². The summed E-state index contributed by atoms with van der Waals surface area (Å²) < 4.78 is 10.6. The van der Waals surface area contributed by atoms with Crippen LogP contribution in [0, 0.1) is 0 Å². The Kier molecular flexibility index (Phi) is 3.92. The summed E-state index contributed by atoms with van der Waals surface area (Å²) in [5.41, 5.74) is 1.19. The maximum Gasteiger partial charge on any atom is 0.231 e. The van der Waals surface area contributed by atoms with Crippen molar-refractivity contribution in [3.63, 3.8) is 0 Å². The molecule has 0 saturated heterocycles. The number of nitrogens with zero attached hydrogens (tertiary/aromatic N) is 1. The topological polar surface area (TPSA) is 21.7 Å². The SMILES string of the molecule is C=C(Cl)CN(CC)Cc1ccc2c(c1)OCO2. The number of hydrogen-bond donors (Lipinski definition) is 0. The number of benzene rings is 1. The van der Waals surface area contributed by atoms with Gasteiger partial charge in [0.15, 0.2) is 11.5 Å². The Labute approximate surface area is 107 Å². The lowest BCUT2D eigenvalue weighted by Crippen LogP contribution is -2.23. The molecule has 1 aromatic rings. The van der Waals surface area contributed by atoms with Gasteiger partial charge in [0.05, 0.1) is 0 Å². The van der Waals surface area contributed by atoms with Crippen LogP contribution in [0.2, 0.25) is 0 Å². The van der Waals surface area contributed by atoms with Crippen molar-refractivity contribution in [3.8, 4) is 11.5 Å². The quantitative estimate of drug-likeness (QED) is 0.805. The molecule has 0 atom stereocenters. The van der Waals surface area contributed by atoms with E-state index in [1.807, 2.05) is 18.2 Å². The van der Waals surface area contributed by atoms with Gasteiger partial charge in [0.2, 0.25) is 6.79 Å². The van der Waals surface area contributed by atoms with Crippen LogP contribution in [0.1, 0.15) is 12.5 Å². The number of ether oxygens (including phenoxy) is 2. The summed E-state index contributed by atoms with van der Waals surface area (Å²) in [7, 11) is 0. The van der Waals surface area contributed by atoms with Crippen LogP contribution < -0.4 is 9.47 Å². The molecule has 0 N–H and O–H groups in total. The van der Waals surface area contributed by atoms with Crippen molar-refractivity contribution >= 4 is 11.6 Å². The standard InChI is InChI=1S/C13H16ClNO2/c1-3-15(7-10(2)14)8-11-4-5-12-13(6-11)17-9-16-12/h4-6H,2-3,7-9H2,1H3. The molecule has 2 rings (SSSR count). The fraction of sp³-hybridized carbons (Fsp3) is 0.385. The van der Waals surface area contributed by atoms with Crippen molar-refractivity contribution in [3.05, 3.63) is 35.4 Å². The third-order valence-corrected chi connectivity index (χ3v) is 2.81. The number of hydrogen-bond acceptors (Lipinski definition) is 3. The molecule has 17 heavy (non-hydrogen) atoms. The van der Waals surface area contributed by atoms with Gasteiger partial charge >= 0.3 is 0 Å². The summed E-state index contributed by atoms with van der Waals surface area (Å²) in [6.45, 7) is 8.60. The highest BCUT2D eigenvalue weighted by Gasteiger charge is 2.14. The summed E-state index contributed by atoms with van der Waals surface area (Å²) in [4.78, 5) is 2.22. The van der Waals surface area contributed by atoms with E-state index in [2.05, 4.69) is 18.4 Å². The molecule has 1 aromatic carbocycles. The smallest absolute Gasteiger partial charge is 0.231 e. The molecule has 92 valence electrons. The van der Waals surface area contributed by atoms with Crippen LogP contribution in [-0.2, 0) is 6.54 Å². The first-order chi connectivity index (χ1) is 8.19. The van der Waals surface area contributed by atoms with E-state index in [1.165, 1.54) is 5.56 Å². The highest BCUT2D eigenvalue weighted by atomic mass is 35.5. The molecule has 0 unspecified atom stereocenters. The van der Waals surface area contributed by atoms with Crippen molar-refractivity contribution in [1.82, 2.24) is 4.90 Å². The molecule has 0 aliphatic carbocycles. The zero-order valence-corrected chi connectivity index (χ0v) is 10.7. The molecule has 1 aliphatic heterocycles. The second-order valence-corrected chi connectivity index (χ2v) is 4.54. The highest BCUT2D eigenvalue weighted by Crippen LogP contribution is 2.32. The molecule has 1 heterocycles. The van der Waals surface area contributed by atoms with Crippen molar-refractivity contribution in [2.45, 2.75) is 13.5 Å². The Balaban J connectivity index is 2.04. The molecule has 0 fully saturated rings. The van der Waals surface area contributed by atoms with Gasteiger partial charge in [0, 0.05) is 18.1 Å². The molecular formula is C13H16ClNO2. The molecule has 4 heteroatoms. The number of halogens is 1. The van der Waals surface area contributed by atoms with Crippen molar-refractivity contribution in [2.75, 3.05) is 19.9 Å². The molecule has 3 nitrogen and oxygen atoms in total. The lowest BCUT2D eigenvalue weighted by Gasteiger charge is -2.19. The minimum absolute atomic E-state index is 0.314. The van der Waals surface area contributed by atoms with Crippen LogP contribution in [0.5, 0.6) is 11.5 Å². The van der Waals surface area contributed by atoms with Crippen LogP contribution in [-0.4, -0.2) is 24.8 Å². The van der Waals surface area contributed by atoms with Crippen molar-refractivity contribution in [1.29, 1.82) is 0 Å².